The zero-order valence-corrected chi connectivity index (χ0v) is 15.8. The Morgan fingerprint density at radius 3 is 2.92 bits per heavy atom. The number of nitrogens with zero attached hydrogens (tertiary/aromatic N) is 2. The highest BCUT2D eigenvalue weighted by molar-refractivity contribution is 7.13. The van der Waals surface area contributed by atoms with Crippen molar-refractivity contribution in [3.63, 3.8) is 0 Å². The summed E-state index contributed by atoms with van der Waals surface area (Å²) in [4.78, 5) is 19.2. The Hall–Kier alpha value is -1.14. The molecule has 3 rings (SSSR count). The zero-order chi connectivity index (χ0) is 16.4. The maximum Gasteiger partial charge on any atom is 0.273 e. The van der Waals surface area contributed by atoms with Gasteiger partial charge in [0.15, 0.2) is 0 Å². The third-order valence-corrected chi connectivity index (χ3v) is 5.54. The molecule has 1 saturated heterocycles. The minimum absolute atomic E-state index is 0. The van der Waals surface area contributed by atoms with Crippen molar-refractivity contribution in [2.75, 3.05) is 13.1 Å². The van der Waals surface area contributed by atoms with Gasteiger partial charge in [0.1, 0.15) is 10.7 Å². The molecule has 0 bridgehead atoms. The van der Waals surface area contributed by atoms with E-state index in [2.05, 4.69) is 11.9 Å². The van der Waals surface area contributed by atoms with Gasteiger partial charge in [-0.15, -0.1) is 23.7 Å². The molecule has 0 saturated carbocycles. The molecule has 7 heteroatoms. The number of thiazole rings is 1. The van der Waals surface area contributed by atoms with Crippen molar-refractivity contribution in [2.24, 2.45) is 11.7 Å². The van der Waals surface area contributed by atoms with Crippen LogP contribution in [-0.4, -0.2) is 34.9 Å². The molecule has 2 unspecified atom stereocenters. The molecule has 130 valence electrons. The van der Waals surface area contributed by atoms with Gasteiger partial charge < -0.3 is 10.6 Å². The minimum Gasteiger partial charge on any atom is -0.333 e. The summed E-state index contributed by atoms with van der Waals surface area (Å²) in [6, 6.07) is 7.65. The number of carbonyl (C=O) groups excluding carboxylic acids is 1. The third-order valence-electron chi connectivity index (χ3n) is 4.34. The number of hydrogen-bond acceptors (Lipinski definition) is 4. The molecule has 2 atom stereocenters. The molecule has 4 nitrogen and oxygen atoms in total. The Balaban J connectivity index is 0.00000208. The van der Waals surface area contributed by atoms with Crippen molar-refractivity contribution in [3.05, 3.63) is 40.4 Å². The van der Waals surface area contributed by atoms with Gasteiger partial charge in [0.25, 0.3) is 5.91 Å². The molecule has 0 aliphatic carbocycles. The van der Waals surface area contributed by atoms with Crippen molar-refractivity contribution >= 4 is 41.3 Å². The number of halogens is 2. The first-order valence-electron chi connectivity index (χ1n) is 7.81. The summed E-state index contributed by atoms with van der Waals surface area (Å²) in [5.74, 6) is 0.587. The highest BCUT2D eigenvalue weighted by Gasteiger charge is 2.30. The Morgan fingerprint density at radius 2 is 2.21 bits per heavy atom. The standard InChI is InChI=1S/C17H20ClN3OS.ClH/c1-11-6-7-21(12(8-11)9-19)17(22)15-10-23-16(20-15)13-4-2-3-5-14(13)18;/h2-5,10-12H,6-9,19H2,1H3;1H. The van der Waals surface area contributed by atoms with E-state index in [1.807, 2.05) is 34.5 Å². The second-order valence-electron chi connectivity index (χ2n) is 6.04. The monoisotopic (exact) mass is 385 g/mol. The quantitative estimate of drug-likeness (QED) is 0.865. The number of nitrogens with two attached hydrogens (primary N) is 1. The van der Waals surface area contributed by atoms with Crippen LogP contribution in [0.2, 0.25) is 5.02 Å². The maximum atomic E-state index is 12.8. The van der Waals surface area contributed by atoms with E-state index in [-0.39, 0.29) is 24.4 Å². The summed E-state index contributed by atoms with van der Waals surface area (Å²) in [7, 11) is 0. The van der Waals surface area contributed by atoms with Gasteiger partial charge in [-0.25, -0.2) is 4.98 Å². The van der Waals surface area contributed by atoms with Gasteiger partial charge in [0.2, 0.25) is 0 Å². The molecule has 2 N–H and O–H groups in total. The van der Waals surface area contributed by atoms with Crippen LogP contribution in [0.5, 0.6) is 0 Å². The van der Waals surface area contributed by atoms with Crippen LogP contribution < -0.4 is 5.73 Å². The number of hydrogen-bond donors (Lipinski definition) is 1. The molecule has 0 spiro atoms. The van der Waals surface area contributed by atoms with Crippen LogP contribution in [0.15, 0.2) is 29.6 Å². The molecule has 1 aromatic carbocycles. The Labute approximate surface area is 157 Å². The molecule has 2 heterocycles. The molecule has 1 amide bonds. The van der Waals surface area contributed by atoms with Gasteiger partial charge in [-0.05, 0) is 24.8 Å². The fourth-order valence-electron chi connectivity index (χ4n) is 3.02. The first-order valence-corrected chi connectivity index (χ1v) is 9.07. The van der Waals surface area contributed by atoms with Gasteiger partial charge in [0.05, 0.1) is 5.02 Å². The summed E-state index contributed by atoms with van der Waals surface area (Å²) in [6.07, 6.45) is 1.98. The average Bonchev–Trinajstić information content (AvgIpc) is 3.04. The molecule has 1 aliphatic rings. The largest absolute Gasteiger partial charge is 0.333 e. The number of carbonyl (C=O) groups is 1. The summed E-state index contributed by atoms with van der Waals surface area (Å²) in [5.41, 5.74) is 7.20. The van der Waals surface area contributed by atoms with Crippen LogP contribution in [-0.2, 0) is 0 Å². The maximum absolute atomic E-state index is 12.8. The van der Waals surface area contributed by atoms with Crippen LogP contribution in [0.25, 0.3) is 10.6 Å². The number of aromatic nitrogens is 1. The molecule has 1 aliphatic heterocycles. The van der Waals surface area contributed by atoms with E-state index in [9.17, 15) is 4.79 Å². The molecular formula is C17H21Cl2N3OS. The predicted octanol–water partition coefficient (Wildman–Crippen LogP) is 4.08. The molecule has 2 aromatic rings. The summed E-state index contributed by atoms with van der Waals surface area (Å²) < 4.78 is 0. The smallest absolute Gasteiger partial charge is 0.273 e. The lowest BCUT2D eigenvalue weighted by atomic mass is 9.92. The lowest BCUT2D eigenvalue weighted by Gasteiger charge is -2.37. The fraction of sp³-hybridized carbons (Fsp3) is 0.412. The first-order chi connectivity index (χ1) is 11.1. The van der Waals surface area contributed by atoms with E-state index in [0.717, 1.165) is 30.0 Å². The van der Waals surface area contributed by atoms with Crippen molar-refractivity contribution < 1.29 is 4.79 Å². The van der Waals surface area contributed by atoms with Crippen LogP contribution in [0.4, 0.5) is 0 Å². The topological polar surface area (TPSA) is 59.2 Å². The van der Waals surface area contributed by atoms with Crippen molar-refractivity contribution in [3.8, 4) is 10.6 Å². The fourth-order valence-corrected chi connectivity index (χ4v) is 4.13. The Bertz CT molecular complexity index is 707. The zero-order valence-electron chi connectivity index (χ0n) is 13.4. The summed E-state index contributed by atoms with van der Waals surface area (Å²) in [5, 5.41) is 3.23. The van der Waals surface area contributed by atoms with E-state index < -0.39 is 0 Å². The van der Waals surface area contributed by atoms with E-state index in [4.69, 9.17) is 17.3 Å². The van der Waals surface area contributed by atoms with Crippen molar-refractivity contribution in [1.82, 2.24) is 9.88 Å². The van der Waals surface area contributed by atoms with Gasteiger partial charge in [-0.3, -0.25) is 4.79 Å². The van der Waals surface area contributed by atoms with E-state index in [1.165, 1.54) is 11.3 Å². The van der Waals surface area contributed by atoms with Gasteiger partial charge in [0, 0.05) is 30.1 Å². The van der Waals surface area contributed by atoms with Crippen LogP contribution in [0.3, 0.4) is 0 Å². The lowest BCUT2D eigenvalue weighted by molar-refractivity contribution is 0.0568. The molecule has 1 aromatic heterocycles. The molecule has 0 radical (unpaired) electrons. The number of benzene rings is 1. The average molecular weight is 386 g/mol. The van der Waals surface area contributed by atoms with Crippen LogP contribution >= 0.6 is 35.3 Å². The highest BCUT2D eigenvalue weighted by atomic mass is 35.5. The van der Waals surface area contributed by atoms with E-state index in [0.29, 0.717) is 23.2 Å². The number of likely N-dealkylation sites (tertiary alicyclic amines) is 1. The summed E-state index contributed by atoms with van der Waals surface area (Å²) >= 11 is 7.66. The minimum atomic E-state index is -0.0260. The van der Waals surface area contributed by atoms with Crippen LogP contribution in [0, 0.1) is 5.92 Å². The van der Waals surface area contributed by atoms with E-state index in [1.54, 1.807) is 0 Å². The number of amides is 1. The van der Waals surface area contributed by atoms with Crippen molar-refractivity contribution in [1.29, 1.82) is 0 Å². The first kappa shape index (κ1) is 19.2. The second-order valence-corrected chi connectivity index (χ2v) is 7.30. The summed E-state index contributed by atoms with van der Waals surface area (Å²) in [6.45, 7) is 3.46. The lowest BCUT2D eigenvalue weighted by Crippen LogP contribution is -2.49. The van der Waals surface area contributed by atoms with Crippen molar-refractivity contribution in [2.45, 2.75) is 25.8 Å². The number of rotatable bonds is 3. The predicted molar refractivity (Wildman–Crippen MR) is 102 cm³/mol. The van der Waals surface area contributed by atoms with Crippen LogP contribution in [0.1, 0.15) is 30.3 Å². The normalized spacial score (nSPS) is 20.5. The molecule has 1 fully saturated rings. The number of piperidine rings is 1. The van der Waals surface area contributed by atoms with Gasteiger partial charge in [-0.1, -0.05) is 36.7 Å². The van der Waals surface area contributed by atoms with E-state index >= 15 is 0 Å². The SMILES string of the molecule is CC1CCN(C(=O)c2csc(-c3ccccc3Cl)n2)C(CN)C1.Cl. The second kappa shape index (κ2) is 8.30. The molecular weight excluding hydrogens is 365 g/mol. The van der Waals surface area contributed by atoms with Gasteiger partial charge in [-0.2, -0.15) is 0 Å². The third kappa shape index (κ3) is 3.91. The Morgan fingerprint density at radius 1 is 1.46 bits per heavy atom. The highest BCUT2D eigenvalue weighted by Crippen LogP contribution is 2.31. The Kier molecular flexibility index (Phi) is 6.63. The van der Waals surface area contributed by atoms with Gasteiger partial charge >= 0.3 is 0 Å². The molecule has 24 heavy (non-hydrogen) atoms.